The number of fused-ring (bicyclic) bond motifs is 1. The van der Waals surface area contributed by atoms with Gasteiger partial charge in [-0.25, -0.2) is 4.98 Å². The van der Waals surface area contributed by atoms with Gasteiger partial charge < -0.3 is 15.1 Å². The summed E-state index contributed by atoms with van der Waals surface area (Å²) >= 11 is 1.43. The van der Waals surface area contributed by atoms with Crippen LogP contribution in [0.5, 0.6) is 0 Å². The molecule has 0 aliphatic carbocycles. The largest absolute Gasteiger partial charge is 0.444 e. The van der Waals surface area contributed by atoms with Crippen LogP contribution in [0.2, 0.25) is 0 Å². The van der Waals surface area contributed by atoms with E-state index in [1.54, 1.807) is 48.7 Å². The summed E-state index contributed by atoms with van der Waals surface area (Å²) in [6, 6.07) is 23.4. The number of anilines is 3. The molecule has 2 heterocycles. The molecule has 0 bridgehead atoms. The van der Waals surface area contributed by atoms with Crippen molar-refractivity contribution in [3.05, 3.63) is 96.4 Å². The van der Waals surface area contributed by atoms with Crippen molar-refractivity contribution in [1.82, 2.24) is 4.98 Å². The van der Waals surface area contributed by atoms with E-state index in [1.807, 2.05) is 36.4 Å². The van der Waals surface area contributed by atoms with Crippen molar-refractivity contribution in [1.29, 1.82) is 0 Å². The lowest BCUT2D eigenvalue weighted by Gasteiger charge is -2.29. The minimum atomic E-state index is -0.284. The number of nitrogens with one attached hydrogen (secondary N) is 2. The van der Waals surface area contributed by atoms with Gasteiger partial charge in [-0.1, -0.05) is 30.3 Å². The molecule has 2 N–H and O–H groups in total. The van der Waals surface area contributed by atoms with Crippen LogP contribution in [-0.4, -0.2) is 35.0 Å². The van der Waals surface area contributed by atoms with E-state index in [0.717, 1.165) is 11.3 Å². The highest BCUT2D eigenvalue weighted by Gasteiger charge is 2.27. The maximum absolute atomic E-state index is 13.1. The van der Waals surface area contributed by atoms with Crippen LogP contribution in [0.1, 0.15) is 16.1 Å². The summed E-state index contributed by atoms with van der Waals surface area (Å²) in [4.78, 5) is 43.4. The quantitative estimate of drug-likeness (QED) is 0.379. The van der Waals surface area contributed by atoms with Crippen molar-refractivity contribution in [3.63, 3.8) is 0 Å². The van der Waals surface area contributed by atoms with Gasteiger partial charge in [-0.05, 0) is 48.5 Å². The number of thioether (sulfide) groups is 1. The summed E-state index contributed by atoms with van der Waals surface area (Å²) < 4.78 is 5.53. The molecule has 36 heavy (non-hydrogen) atoms. The van der Waals surface area contributed by atoms with Gasteiger partial charge in [0.1, 0.15) is 12.8 Å². The molecule has 9 heteroatoms. The molecule has 3 aromatic carbocycles. The zero-order chi connectivity index (χ0) is 24.9. The molecular weight excluding hydrogens is 476 g/mol. The normalized spacial score (nSPS) is 12.6. The Morgan fingerprint density at radius 2 is 1.75 bits per heavy atom. The predicted octanol–water partition coefficient (Wildman–Crippen LogP) is 4.81. The number of nitrogens with zero attached hydrogens (tertiary/aromatic N) is 2. The highest BCUT2D eigenvalue weighted by Crippen LogP contribution is 2.30. The smallest absolute Gasteiger partial charge is 0.258 e. The molecule has 0 radical (unpaired) electrons. The lowest BCUT2D eigenvalue weighted by Crippen LogP contribution is -2.42. The van der Waals surface area contributed by atoms with Crippen LogP contribution < -0.4 is 15.5 Å². The van der Waals surface area contributed by atoms with E-state index in [0.29, 0.717) is 34.3 Å². The summed E-state index contributed by atoms with van der Waals surface area (Å²) in [6.07, 6.45) is 1.60. The van der Waals surface area contributed by atoms with E-state index < -0.39 is 0 Å². The van der Waals surface area contributed by atoms with Crippen molar-refractivity contribution in [3.8, 4) is 11.5 Å². The van der Waals surface area contributed by atoms with Crippen molar-refractivity contribution in [2.75, 3.05) is 27.8 Å². The maximum atomic E-state index is 13.1. The monoisotopic (exact) mass is 498 g/mol. The molecule has 0 saturated heterocycles. The Morgan fingerprint density at radius 3 is 2.56 bits per heavy atom. The van der Waals surface area contributed by atoms with Crippen LogP contribution in [-0.2, 0) is 15.3 Å². The summed E-state index contributed by atoms with van der Waals surface area (Å²) in [5.41, 5.74) is 3.93. The highest BCUT2D eigenvalue weighted by molar-refractivity contribution is 7.99. The predicted molar refractivity (Wildman–Crippen MR) is 140 cm³/mol. The molecule has 3 amide bonds. The molecule has 0 fully saturated rings. The number of rotatable bonds is 7. The third kappa shape index (κ3) is 5.31. The molecule has 0 atom stereocenters. The Labute approximate surface area is 211 Å². The summed E-state index contributed by atoms with van der Waals surface area (Å²) in [6.45, 7) is -0.0517. The Balaban J connectivity index is 1.14. The Kier molecular flexibility index (Phi) is 6.81. The maximum Gasteiger partial charge on any atom is 0.258 e. The number of aromatic nitrogens is 1. The molecule has 1 aliphatic heterocycles. The second-order valence-corrected chi connectivity index (χ2v) is 9.07. The number of para-hydroxylation sites is 2. The Bertz CT molecular complexity index is 1400. The average molecular weight is 499 g/mol. The topological polar surface area (TPSA) is 105 Å². The first-order chi connectivity index (χ1) is 17.6. The fourth-order valence-electron chi connectivity index (χ4n) is 3.80. The standard InChI is InChI=1S/C27H22N4O4S/c32-24-14-31(23-9-5-4-8-22(23)30-24)27(34)19-10-12-20(13-11-19)28-25(33)17-36-16-21-15-35-26(29-21)18-6-2-1-3-7-18/h1-13,15H,14,16-17H2,(H,28,33)(H,30,32). The van der Waals surface area contributed by atoms with Gasteiger partial charge in [-0.2, -0.15) is 0 Å². The van der Waals surface area contributed by atoms with Crippen molar-refractivity contribution in [2.45, 2.75) is 5.75 Å². The molecule has 8 nitrogen and oxygen atoms in total. The van der Waals surface area contributed by atoms with Crippen molar-refractivity contribution in [2.24, 2.45) is 0 Å². The third-order valence-corrected chi connectivity index (χ3v) is 6.45. The molecule has 0 saturated carbocycles. The molecule has 0 unspecified atom stereocenters. The second-order valence-electron chi connectivity index (χ2n) is 8.08. The van der Waals surface area contributed by atoms with Gasteiger partial charge >= 0.3 is 0 Å². The molecule has 4 aromatic rings. The Hall–Kier alpha value is -4.37. The van der Waals surface area contributed by atoms with Gasteiger partial charge in [-0.15, -0.1) is 11.8 Å². The van der Waals surface area contributed by atoms with Gasteiger partial charge in [0, 0.05) is 22.6 Å². The number of hydrogen-bond acceptors (Lipinski definition) is 6. The first-order valence-electron chi connectivity index (χ1n) is 11.2. The van der Waals surface area contributed by atoms with Crippen LogP contribution in [0.3, 0.4) is 0 Å². The fourth-order valence-corrected chi connectivity index (χ4v) is 4.50. The van der Waals surface area contributed by atoms with Gasteiger partial charge in [0.2, 0.25) is 17.7 Å². The average Bonchev–Trinajstić information content (AvgIpc) is 3.38. The van der Waals surface area contributed by atoms with Crippen LogP contribution in [0.15, 0.2) is 89.5 Å². The lowest BCUT2D eigenvalue weighted by molar-refractivity contribution is -0.115. The van der Waals surface area contributed by atoms with Gasteiger partial charge in [0.25, 0.3) is 5.91 Å². The number of hydrogen-bond donors (Lipinski definition) is 2. The molecule has 5 rings (SSSR count). The van der Waals surface area contributed by atoms with E-state index >= 15 is 0 Å². The first kappa shape index (κ1) is 23.4. The third-order valence-electron chi connectivity index (χ3n) is 5.49. The summed E-state index contributed by atoms with van der Waals surface area (Å²) in [5.74, 6) is 0.653. The van der Waals surface area contributed by atoms with Gasteiger partial charge in [0.05, 0.1) is 22.8 Å². The van der Waals surface area contributed by atoms with Crippen LogP contribution >= 0.6 is 11.8 Å². The molecule has 1 aliphatic rings. The minimum absolute atomic E-state index is 0.0517. The highest BCUT2D eigenvalue weighted by atomic mass is 32.2. The zero-order valence-corrected chi connectivity index (χ0v) is 20.0. The number of benzene rings is 3. The van der Waals surface area contributed by atoms with Crippen molar-refractivity contribution < 1.29 is 18.8 Å². The van der Waals surface area contributed by atoms with Gasteiger partial charge in [-0.3, -0.25) is 19.3 Å². The number of amides is 3. The van der Waals surface area contributed by atoms with E-state index in [1.165, 1.54) is 16.7 Å². The minimum Gasteiger partial charge on any atom is -0.444 e. The van der Waals surface area contributed by atoms with Crippen LogP contribution in [0.4, 0.5) is 17.1 Å². The number of carbonyl (C=O) groups excluding carboxylic acids is 3. The van der Waals surface area contributed by atoms with E-state index in [9.17, 15) is 14.4 Å². The van der Waals surface area contributed by atoms with E-state index in [2.05, 4.69) is 15.6 Å². The first-order valence-corrected chi connectivity index (χ1v) is 12.4. The molecule has 180 valence electrons. The SMILES string of the molecule is O=C(CSCc1coc(-c2ccccc2)n1)Nc1ccc(C(=O)N2CC(=O)Nc3ccccc32)cc1. The van der Waals surface area contributed by atoms with E-state index in [4.69, 9.17) is 4.42 Å². The lowest BCUT2D eigenvalue weighted by atomic mass is 10.1. The number of oxazole rings is 1. The van der Waals surface area contributed by atoms with Crippen molar-refractivity contribution >= 4 is 46.5 Å². The second kappa shape index (κ2) is 10.5. The van der Waals surface area contributed by atoms with Crippen LogP contribution in [0.25, 0.3) is 11.5 Å². The fraction of sp³-hybridized carbons (Fsp3) is 0.111. The summed E-state index contributed by atoms with van der Waals surface area (Å²) in [7, 11) is 0. The molecule has 1 aromatic heterocycles. The number of carbonyl (C=O) groups is 3. The van der Waals surface area contributed by atoms with Gasteiger partial charge in [0.15, 0.2) is 0 Å². The zero-order valence-electron chi connectivity index (χ0n) is 19.1. The molecule has 0 spiro atoms. The van der Waals surface area contributed by atoms with E-state index in [-0.39, 0.29) is 30.0 Å². The Morgan fingerprint density at radius 1 is 1.00 bits per heavy atom. The summed E-state index contributed by atoms with van der Waals surface area (Å²) in [5, 5.41) is 5.61. The molecular formula is C27H22N4O4S. The van der Waals surface area contributed by atoms with Crippen LogP contribution in [0, 0.1) is 0 Å².